The molecule has 2 N–H and O–H groups in total. The van der Waals surface area contributed by atoms with Crippen LogP contribution in [0.5, 0.6) is 5.75 Å². The van der Waals surface area contributed by atoms with Gasteiger partial charge in [0.25, 0.3) is 5.72 Å². The van der Waals surface area contributed by atoms with Crippen molar-refractivity contribution < 1.29 is 23.9 Å². The first kappa shape index (κ1) is 19.8. The van der Waals surface area contributed by atoms with Crippen LogP contribution in [0.15, 0.2) is 36.4 Å². The van der Waals surface area contributed by atoms with E-state index in [4.69, 9.17) is 9.47 Å². The number of fused-ring (bicyclic) bond motifs is 1. The number of esters is 1. The van der Waals surface area contributed by atoms with Crippen LogP contribution in [0.4, 0.5) is 0 Å². The number of rotatable bonds is 5. The summed E-state index contributed by atoms with van der Waals surface area (Å²) in [5, 5.41) is 11.3. The molecule has 0 spiro atoms. The van der Waals surface area contributed by atoms with Crippen LogP contribution in [0.3, 0.4) is 0 Å². The second kappa shape index (κ2) is 7.37. The summed E-state index contributed by atoms with van der Waals surface area (Å²) in [5.74, 6) is -1.19. The molecule has 0 fully saturated rings. The number of carbonyl (C=O) groups is 1. The molecule has 0 saturated carbocycles. The average molecular weight is 367 g/mol. The summed E-state index contributed by atoms with van der Waals surface area (Å²) in [6.45, 7) is 11.1. The fraction of sp³-hybridized carbons (Fsp3) is 0.500. The Morgan fingerprint density at radius 2 is 2.12 bits per heavy atom. The van der Waals surface area contributed by atoms with E-state index in [1.165, 1.54) is 0 Å². The Morgan fingerprint density at radius 1 is 1.48 bits per heavy atom. The van der Waals surface area contributed by atoms with Crippen LogP contribution in [0, 0.1) is 0 Å². The molecule has 1 aliphatic rings. The number of carbonyl (C=O) groups excluding carboxylic acids is 1. The number of benzene rings is 1. The molecule has 138 valence electrons. The topological polar surface area (TPSA) is 90.9 Å². The molecule has 1 unspecified atom stereocenters. The van der Waals surface area contributed by atoms with Crippen molar-refractivity contribution in [2.24, 2.45) is 0 Å². The zero-order chi connectivity index (χ0) is 18.8. The number of para-hydroxylation sites is 1. The van der Waals surface area contributed by atoms with Gasteiger partial charge >= 0.3 is 5.97 Å². The van der Waals surface area contributed by atoms with Gasteiger partial charge in [0.15, 0.2) is 0 Å². The first-order valence-electron chi connectivity index (χ1n) is 8.10. The van der Waals surface area contributed by atoms with Crippen LogP contribution in [0.2, 0.25) is 0 Å². The summed E-state index contributed by atoms with van der Waals surface area (Å²) in [4.78, 5) is 12.6. The van der Waals surface area contributed by atoms with E-state index in [0.29, 0.717) is 16.9 Å². The highest BCUT2D eigenvalue weighted by Crippen LogP contribution is 2.42. The summed E-state index contributed by atoms with van der Waals surface area (Å²) in [5.41, 5.74) is -1.13. The van der Waals surface area contributed by atoms with Crippen LogP contribution in [-0.4, -0.2) is 39.3 Å². The smallest absolute Gasteiger partial charge is 0.358 e. The van der Waals surface area contributed by atoms with Crippen molar-refractivity contribution in [1.29, 1.82) is 0 Å². The van der Waals surface area contributed by atoms with Crippen LogP contribution >= 0.6 is 0 Å². The zero-order valence-electron chi connectivity index (χ0n) is 15.0. The Labute approximate surface area is 151 Å². The molecule has 0 amide bonds. The molecular weight excluding hydrogens is 342 g/mol. The summed E-state index contributed by atoms with van der Waals surface area (Å²) < 4.78 is 25.2. The highest BCUT2D eigenvalue weighted by Gasteiger charge is 2.54. The number of ether oxygens (including phenoxy) is 2. The minimum Gasteiger partial charge on any atom is -0.598 e. The predicted octanol–water partition coefficient (Wildman–Crippen LogP) is 2.02. The highest BCUT2D eigenvalue weighted by molar-refractivity contribution is 7.90. The monoisotopic (exact) mass is 367 g/mol. The highest BCUT2D eigenvalue weighted by atomic mass is 32.2. The molecule has 0 bridgehead atoms. The SMILES string of the molecule is C=C1COc2ccccc2C1[C@@](O)(N[S@+]([O-])C(C)(C)C)C(=O)OCC. The maximum Gasteiger partial charge on any atom is 0.358 e. The molecule has 1 heterocycles. The van der Waals surface area contributed by atoms with Crippen molar-refractivity contribution in [2.75, 3.05) is 13.2 Å². The maximum atomic E-state index is 12.6. The van der Waals surface area contributed by atoms with E-state index >= 15 is 0 Å². The number of hydrogen-bond donors (Lipinski definition) is 2. The van der Waals surface area contributed by atoms with E-state index in [2.05, 4.69) is 11.3 Å². The number of nitrogens with one attached hydrogen (secondary N) is 1. The Bertz CT molecular complexity index is 657. The summed E-state index contributed by atoms with van der Waals surface area (Å²) in [7, 11) is 0. The van der Waals surface area contributed by atoms with Gasteiger partial charge in [-0.25, -0.2) is 4.79 Å². The Hall–Kier alpha value is -1.54. The molecule has 3 atom stereocenters. The van der Waals surface area contributed by atoms with Gasteiger partial charge in [-0.2, -0.15) is 0 Å². The molecule has 25 heavy (non-hydrogen) atoms. The molecule has 0 aromatic heterocycles. The van der Waals surface area contributed by atoms with Gasteiger partial charge in [0, 0.05) is 16.9 Å². The second-order valence-corrected chi connectivity index (χ2v) is 8.85. The Kier molecular flexibility index (Phi) is 5.83. The van der Waals surface area contributed by atoms with E-state index in [9.17, 15) is 14.5 Å². The van der Waals surface area contributed by atoms with Crippen molar-refractivity contribution in [3.8, 4) is 5.75 Å². The van der Waals surface area contributed by atoms with Crippen LogP contribution < -0.4 is 9.46 Å². The normalized spacial score (nSPS) is 20.9. The lowest BCUT2D eigenvalue weighted by molar-refractivity contribution is -0.168. The lowest BCUT2D eigenvalue weighted by atomic mass is 9.81. The van der Waals surface area contributed by atoms with Crippen molar-refractivity contribution in [3.05, 3.63) is 42.0 Å². The molecule has 7 heteroatoms. The molecular formula is C18H25NO5S. The van der Waals surface area contributed by atoms with E-state index in [0.717, 1.165) is 0 Å². The van der Waals surface area contributed by atoms with Gasteiger partial charge in [-0.15, -0.1) is 0 Å². The fourth-order valence-corrected chi connectivity index (χ4v) is 3.39. The molecule has 1 aromatic carbocycles. The van der Waals surface area contributed by atoms with Crippen molar-refractivity contribution in [1.82, 2.24) is 4.72 Å². The Morgan fingerprint density at radius 3 is 2.72 bits per heavy atom. The van der Waals surface area contributed by atoms with Crippen LogP contribution in [-0.2, 0) is 20.9 Å². The van der Waals surface area contributed by atoms with E-state index in [1.807, 2.05) is 0 Å². The number of hydrogen-bond acceptors (Lipinski definition) is 6. The summed E-state index contributed by atoms with van der Waals surface area (Å²) in [6, 6.07) is 7.07. The molecule has 6 nitrogen and oxygen atoms in total. The van der Waals surface area contributed by atoms with Gasteiger partial charge in [-0.05, 0) is 39.3 Å². The predicted molar refractivity (Wildman–Crippen MR) is 96.4 cm³/mol. The number of aliphatic hydroxyl groups is 1. The van der Waals surface area contributed by atoms with Gasteiger partial charge in [0.05, 0.1) is 12.5 Å². The third-order valence-corrected chi connectivity index (χ3v) is 5.47. The van der Waals surface area contributed by atoms with Crippen molar-refractivity contribution in [3.63, 3.8) is 0 Å². The molecule has 1 aromatic rings. The quantitative estimate of drug-likeness (QED) is 0.358. The van der Waals surface area contributed by atoms with Crippen LogP contribution in [0.1, 0.15) is 39.2 Å². The third kappa shape index (κ3) is 4.00. The summed E-state index contributed by atoms with van der Waals surface area (Å²) >= 11 is -1.71. The van der Waals surface area contributed by atoms with Crippen LogP contribution in [0.25, 0.3) is 0 Å². The lowest BCUT2D eigenvalue weighted by Gasteiger charge is -2.40. The standard InChI is InChI=1S/C18H25NO5S/c1-6-23-16(20)18(21,19-25(22)17(3,4)5)15-12(2)11-24-14-10-8-7-9-13(14)15/h7-10,15,19,21H,2,6,11H2,1,3-5H3/t15?,18-,25+/m0/s1. The molecule has 0 aliphatic carbocycles. The minimum absolute atomic E-state index is 0.0856. The average Bonchev–Trinajstić information content (AvgIpc) is 2.53. The first-order chi connectivity index (χ1) is 11.6. The van der Waals surface area contributed by atoms with E-state index < -0.39 is 33.7 Å². The van der Waals surface area contributed by atoms with Gasteiger partial charge in [0.1, 0.15) is 17.1 Å². The van der Waals surface area contributed by atoms with E-state index in [1.54, 1.807) is 52.0 Å². The largest absolute Gasteiger partial charge is 0.598 e. The molecule has 0 radical (unpaired) electrons. The van der Waals surface area contributed by atoms with Crippen molar-refractivity contribution >= 4 is 17.3 Å². The second-order valence-electron chi connectivity index (χ2n) is 6.89. The van der Waals surface area contributed by atoms with E-state index in [-0.39, 0.29) is 13.2 Å². The molecule has 0 saturated heterocycles. The van der Waals surface area contributed by atoms with Crippen molar-refractivity contribution in [2.45, 2.75) is 44.1 Å². The Balaban J connectivity index is 2.52. The summed E-state index contributed by atoms with van der Waals surface area (Å²) in [6.07, 6.45) is 0. The zero-order valence-corrected chi connectivity index (χ0v) is 15.8. The molecule has 1 aliphatic heterocycles. The fourth-order valence-electron chi connectivity index (χ4n) is 2.60. The molecule has 2 rings (SSSR count). The first-order valence-corrected chi connectivity index (χ1v) is 9.25. The van der Waals surface area contributed by atoms with Gasteiger partial charge < -0.3 is 19.1 Å². The maximum absolute atomic E-state index is 12.6. The van der Waals surface area contributed by atoms with Gasteiger partial charge in [0.2, 0.25) is 0 Å². The lowest BCUT2D eigenvalue weighted by Crippen LogP contribution is -2.62. The van der Waals surface area contributed by atoms with Gasteiger partial charge in [-0.3, -0.25) is 0 Å². The minimum atomic E-state index is -2.22. The van der Waals surface area contributed by atoms with Gasteiger partial charge in [-0.1, -0.05) is 29.5 Å². The third-order valence-electron chi connectivity index (χ3n) is 3.86.